The maximum atomic E-state index is 5.52. The fraction of sp³-hybridized carbons (Fsp3) is 0.273. The van der Waals surface area contributed by atoms with Gasteiger partial charge in [-0.15, -0.1) is 0 Å². The van der Waals surface area contributed by atoms with Gasteiger partial charge >= 0.3 is 0 Å². The van der Waals surface area contributed by atoms with Gasteiger partial charge in [0.1, 0.15) is 17.2 Å². The lowest BCUT2D eigenvalue weighted by atomic mass is 9.90. The highest BCUT2D eigenvalue weighted by Crippen LogP contribution is 2.29. The Morgan fingerprint density at radius 1 is 0.628 bits per heavy atom. The van der Waals surface area contributed by atoms with Crippen LogP contribution in [0.1, 0.15) is 47.9 Å². The van der Waals surface area contributed by atoms with Crippen LogP contribution in [0.25, 0.3) is 0 Å². The number of benzene rings is 3. The highest BCUT2D eigenvalue weighted by atomic mass is 16.5. The second kappa shape index (κ2) is 12.8. The van der Waals surface area contributed by atoms with E-state index < -0.39 is 0 Å². The molecule has 43 heavy (non-hydrogen) atoms. The molecule has 0 fully saturated rings. The van der Waals surface area contributed by atoms with Gasteiger partial charge in [0.15, 0.2) is 11.6 Å². The molecule has 1 aromatic heterocycles. The Morgan fingerprint density at radius 2 is 1.19 bits per heavy atom. The molecule has 0 atom stereocenters. The number of hydrogen-bond donors (Lipinski definition) is 3. The summed E-state index contributed by atoms with van der Waals surface area (Å²) in [5.41, 5.74) is 13.8. The first-order chi connectivity index (χ1) is 21.1. The number of fused-ring (bicyclic) bond motifs is 2. The molecule has 3 N–H and O–H groups in total. The van der Waals surface area contributed by atoms with Crippen molar-refractivity contribution in [1.82, 2.24) is 9.97 Å². The van der Waals surface area contributed by atoms with E-state index in [-0.39, 0.29) is 0 Å². The number of methoxy groups -OCH3 is 3. The Labute approximate surface area is 251 Å². The molecule has 3 aromatic carbocycles. The Hall–Kier alpha value is -5.12. The van der Waals surface area contributed by atoms with Crippen LogP contribution < -0.4 is 30.4 Å². The monoisotopic (exact) mass is 577 g/mol. The summed E-state index contributed by atoms with van der Waals surface area (Å²) in [6.45, 7) is 0. The van der Waals surface area contributed by atoms with Gasteiger partial charge in [-0.05, 0) is 98.2 Å². The van der Waals surface area contributed by atoms with Crippen LogP contribution in [-0.4, -0.2) is 42.7 Å². The molecule has 0 aliphatic heterocycles. The molecule has 0 saturated carbocycles. The number of para-hydroxylation sites is 2. The van der Waals surface area contributed by atoms with Crippen LogP contribution >= 0.6 is 0 Å². The predicted octanol–water partition coefficient (Wildman–Crippen LogP) is 6.55. The van der Waals surface area contributed by atoms with Crippen LogP contribution in [0.15, 0.2) is 76.9 Å². The van der Waals surface area contributed by atoms with E-state index in [1.54, 1.807) is 27.4 Å². The van der Waals surface area contributed by atoms with Gasteiger partial charge in [0, 0.05) is 17.2 Å². The third-order valence-corrected chi connectivity index (χ3v) is 7.66. The lowest BCUT2D eigenvalue weighted by Gasteiger charge is -2.19. The normalized spacial score (nSPS) is 15.8. The van der Waals surface area contributed by atoms with Crippen LogP contribution in [0.2, 0.25) is 0 Å². The topological polar surface area (TPSA) is 114 Å². The Morgan fingerprint density at radius 3 is 1.72 bits per heavy atom. The molecule has 0 bridgehead atoms. The molecule has 0 amide bonds. The van der Waals surface area contributed by atoms with Gasteiger partial charge in [0.25, 0.3) is 0 Å². The lowest BCUT2D eigenvalue weighted by molar-refractivity contribution is 0.414. The number of aryl methyl sites for hydroxylation is 2. The van der Waals surface area contributed by atoms with Gasteiger partial charge in [0.05, 0.1) is 38.4 Å². The van der Waals surface area contributed by atoms with Crippen molar-refractivity contribution in [3.63, 3.8) is 0 Å². The molecule has 1 heterocycles. The van der Waals surface area contributed by atoms with Crippen molar-refractivity contribution in [2.45, 2.75) is 38.5 Å². The maximum absolute atomic E-state index is 5.52. The highest BCUT2D eigenvalue weighted by Gasteiger charge is 2.18. The first-order valence-electron chi connectivity index (χ1n) is 14.4. The van der Waals surface area contributed by atoms with Crippen LogP contribution in [-0.2, 0) is 12.8 Å². The van der Waals surface area contributed by atoms with E-state index in [0.717, 1.165) is 78.3 Å². The van der Waals surface area contributed by atoms with Gasteiger partial charge < -0.3 is 19.5 Å². The minimum absolute atomic E-state index is 0.375. The molecule has 6 rings (SSSR count). The van der Waals surface area contributed by atoms with Crippen molar-refractivity contribution in [3.05, 3.63) is 89.0 Å². The molecule has 0 unspecified atom stereocenters. The van der Waals surface area contributed by atoms with Crippen molar-refractivity contribution in [3.8, 4) is 17.2 Å². The lowest BCUT2D eigenvalue weighted by Crippen LogP contribution is -2.15. The number of anilines is 4. The first-order valence-corrected chi connectivity index (χ1v) is 14.4. The Kier molecular flexibility index (Phi) is 8.35. The van der Waals surface area contributed by atoms with E-state index in [1.165, 1.54) is 11.1 Å². The summed E-state index contributed by atoms with van der Waals surface area (Å²) < 4.78 is 16.4. The fourth-order valence-corrected chi connectivity index (χ4v) is 5.50. The molecule has 0 radical (unpaired) electrons. The van der Waals surface area contributed by atoms with Crippen molar-refractivity contribution in [1.29, 1.82) is 0 Å². The molecule has 220 valence electrons. The van der Waals surface area contributed by atoms with Crippen molar-refractivity contribution >= 4 is 34.7 Å². The minimum Gasteiger partial charge on any atom is -0.497 e. The van der Waals surface area contributed by atoms with Gasteiger partial charge in [-0.25, -0.2) is 0 Å². The average molecular weight is 578 g/mol. The van der Waals surface area contributed by atoms with Crippen molar-refractivity contribution in [2.24, 2.45) is 10.2 Å². The van der Waals surface area contributed by atoms with E-state index in [1.807, 2.05) is 36.4 Å². The third kappa shape index (κ3) is 6.38. The summed E-state index contributed by atoms with van der Waals surface area (Å²) in [5.74, 6) is 3.82. The van der Waals surface area contributed by atoms with Crippen molar-refractivity contribution in [2.75, 3.05) is 37.5 Å². The molecule has 10 nitrogen and oxygen atoms in total. The third-order valence-electron chi connectivity index (χ3n) is 7.66. The number of rotatable bonds is 9. The summed E-state index contributed by atoms with van der Waals surface area (Å²) in [6, 6.07) is 21.7. The number of aromatic nitrogens is 2. The Balaban J connectivity index is 1.31. The summed E-state index contributed by atoms with van der Waals surface area (Å²) in [7, 11) is 5.01. The standard InChI is InChI=1S/C33H35N7O3/c1-41-23-14-16-25-21(18-23)8-6-11-27(25)37-39-31-20-32(36-33(35-31)34-29-10-4-5-13-30(29)43-3)40-38-28-12-7-9-22-19-24(42-2)15-17-26(22)28/h4-5,10,13-20H,6-9,11-12H2,1-3H3,(H3,34,35,36,39,40). The second-order valence-corrected chi connectivity index (χ2v) is 10.4. The molecule has 0 spiro atoms. The summed E-state index contributed by atoms with van der Waals surface area (Å²) >= 11 is 0. The van der Waals surface area contributed by atoms with E-state index in [0.29, 0.717) is 23.3 Å². The smallest absolute Gasteiger partial charge is 0.231 e. The number of nitrogens with one attached hydrogen (secondary N) is 3. The molecule has 10 heteroatoms. The Bertz CT molecular complexity index is 1590. The van der Waals surface area contributed by atoms with Crippen LogP contribution in [0.5, 0.6) is 17.2 Å². The maximum Gasteiger partial charge on any atom is 0.231 e. The molecule has 2 aliphatic carbocycles. The first kappa shape index (κ1) is 28.0. The fourth-order valence-electron chi connectivity index (χ4n) is 5.50. The molecular formula is C33H35N7O3. The zero-order valence-corrected chi connectivity index (χ0v) is 24.6. The van der Waals surface area contributed by atoms with E-state index in [9.17, 15) is 0 Å². The molecule has 0 saturated heterocycles. The summed E-state index contributed by atoms with van der Waals surface area (Å²) in [6.07, 6.45) is 5.76. The van der Waals surface area contributed by atoms with E-state index in [2.05, 4.69) is 40.4 Å². The zero-order valence-electron chi connectivity index (χ0n) is 24.6. The van der Waals surface area contributed by atoms with E-state index in [4.69, 9.17) is 34.4 Å². The molecular weight excluding hydrogens is 542 g/mol. The summed E-state index contributed by atoms with van der Waals surface area (Å²) in [4.78, 5) is 9.41. The number of ether oxygens (including phenoxy) is 3. The van der Waals surface area contributed by atoms with Crippen LogP contribution in [0.3, 0.4) is 0 Å². The SMILES string of the molecule is COc1ccc2c(c1)CCCC2=NNc1cc(NN=C2CCCc3cc(OC)ccc32)nc(Nc2ccccc2OC)n1. The number of nitrogens with zero attached hydrogens (tertiary/aromatic N) is 4. The predicted molar refractivity (Wildman–Crippen MR) is 170 cm³/mol. The van der Waals surface area contributed by atoms with Gasteiger partial charge in [-0.2, -0.15) is 20.2 Å². The van der Waals surface area contributed by atoms with E-state index >= 15 is 0 Å². The minimum atomic E-state index is 0.375. The van der Waals surface area contributed by atoms with Gasteiger partial charge in [-0.3, -0.25) is 10.9 Å². The quantitative estimate of drug-likeness (QED) is 0.192. The van der Waals surface area contributed by atoms with Crippen molar-refractivity contribution < 1.29 is 14.2 Å². The summed E-state index contributed by atoms with van der Waals surface area (Å²) in [5, 5.41) is 12.8. The van der Waals surface area contributed by atoms with Gasteiger partial charge in [-0.1, -0.05) is 12.1 Å². The molecule has 4 aromatic rings. The largest absolute Gasteiger partial charge is 0.497 e. The number of hydrogen-bond acceptors (Lipinski definition) is 10. The zero-order chi connectivity index (χ0) is 29.6. The highest BCUT2D eigenvalue weighted by molar-refractivity contribution is 6.04. The van der Waals surface area contributed by atoms with Crippen LogP contribution in [0, 0.1) is 0 Å². The molecule has 2 aliphatic rings. The van der Waals surface area contributed by atoms with Gasteiger partial charge in [0.2, 0.25) is 5.95 Å². The number of hydrazone groups is 2. The van der Waals surface area contributed by atoms with Crippen LogP contribution in [0.4, 0.5) is 23.3 Å². The second-order valence-electron chi connectivity index (χ2n) is 10.4. The average Bonchev–Trinajstić information content (AvgIpc) is 3.05.